The minimum Gasteiger partial charge on any atom is -0.477 e. The minimum absolute atomic E-state index is 0.0482. The fourth-order valence-electron chi connectivity index (χ4n) is 4.30. The van der Waals surface area contributed by atoms with Gasteiger partial charge in [0, 0.05) is 28.2 Å². The smallest absolute Gasteiger partial charge is 0.352 e. The molecule has 0 saturated carbocycles. The van der Waals surface area contributed by atoms with E-state index in [1.807, 2.05) is 26.7 Å². The van der Waals surface area contributed by atoms with Gasteiger partial charge >= 0.3 is 12.0 Å². The largest absolute Gasteiger partial charge is 0.477 e. The van der Waals surface area contributed by atoms with E-state index in [0.717, 1.165) is 16.4 Å². The number of oxime groups is 1. The molecule has 0 aromatic carbocycles. The number of anilines is 1. The SMILES string of the molecule is CCO/N=C(\C(=O)N[C@@H]1C(=O)N2C(C(=O)O)=C(C[n+]3cc4sccn4c3CNC(N)=O)CS[C@H]12)c1nsc(N)n1. The zero-order chi connectivity index (χ0) is 28.6. The third-order valence-electron chi connectivity index (χ3n) is 5.98. The van der Waals surface area contributed by atoms with Gasteiger partial charge in [0.2, 0.25) is 16.4 Å². The first-order valence-electron chi connectivity index (χ1n) is 11.7. The number of nitrogens with two attached hydrogens (primary N) is 2. The first-order chi connectivity index (χ1) is 19.2. The third kappa shape index (κ3) is 5.05. The predicted molar refractivity (Wildman–Crippen MR) is 144 cm³/mol. The number of nitrogen functional groups attached to an aromatic ring is 1. The number of nitrogens with zero attached hydrogens (tertiary/aromatic N) is 6. The van der Waals surface area contributed by atoms with Gasteiger partial charge in [-0.2, -0.15) is 13.8 Å². The Bertz CT molecular complexity index is 1580. The molecule has 0 unspecified atom stereocenters. The van der Waals surface area contributed by atoms with Crippen molar-refractivity contribution < 1.29 is 33.7 Å². The van der Waals surface area contributed by atoms with Crippen LogP contribution < -0.4 is 26.7 Å². The van der Waals surface area contributed by atoms with Crippen LogP contribution in [-0.4, -0.2) is 77.1 Å². The van der Waals surface area contributed by atoms with Crippen molar-refractivity contribution in [2.75, 3.05) is 18.1 Å². The molecule has 16 nitrogen and oxygen atoms in total. The number of thiazole rings is 1. The number of hydrogen-bond donors (Lipinski definition) is 5. The Kier molecular flexibility index (Phi) is 7.59. The van der Waals surface area contributed by atoms with Gasteiger partial charge in [0.05, 0.1) is 0 Å². The van der Waals surface area contributed by atoms with E-state index in [1.165, 1.54) is 28.0 Å². The minimum atomic E-state index is -1.27. The van der Waals surface area contributed by atoms with Crippen molar-refractivity contribution in [2.45, 2.75) is 31.4 Å². The molecule has 19 heteroatoms. The Balaban J connectivity index is 1.37. The number of carboxylic acid groups (broad SMARTS) is 1. The van der Waals surface area contributed by atoms with Crippen LogP contribution in [0, 0.1) is 0 Å². The highest BCUT2D eigenvalue weighted by atomic mass is 32.2. The lowest BCUT2D eigenvalue weighted by Crippen LogP contribution is -2.71. The molecule has 3 aromatic heterocycles. The number of carbonyl (C=O) groups is 4. The van der Waals surface area contributed by atoms with Gasteiger partial charge in [-0.15, -0.1) is 11.8 Å². The predicted octanol–water partition coefficient (Wildman–Crippen LogP) is -0.930. The summed E-state index contributed by atoms with van der Waals surface area (Å²) >= 11 is 3.66. The number of rotatable bonds is 10. The van der Waals surface area contributed by atoms with Crippen molar-refractivity contribution in [3.63, 3.8) is 0 Å². The molecule has 0 spiro atoms. The zero-order valence-electron chi connectivity index (χ0n) is 20.8. The molecule has 0 radical (unpaired) electrons. The molecule has 4 amide bonds. The van der Waals surface area contributed by atoms with Crippen LogP contribution in [0.15, 0.2) is 34.2 Å². The molecule has 1 saturated heterocycles. The van der Waals surface area contributed by atoms with Crippen molar-refractivity contribution in [3.05, 3.63) is 40.7 Å². The lowest BCUT2D eigenvalue weighted by Gasteiger charge is -2.49. The second-order valence-corrected chi connectivity index (χ2v) is 11.2. The molecule has 2 atom stereocenters. The van der Waals surface area contributed by atoms with Gasteiger partial charge in [0.15, 0.2) is 5.13 Å². The summed E-state index contributed by atoms with van der Waals surface area (Å²) in [6.07, 6.45) is 3.67. The number of imidazole rings is 1. The number of carboxylic acids is 1. The number of aromatic nitrogens is 4. The number of urea groups is 1. The lowest BCUT2D eigenvalue weighted by molar-refractivity contribution is -0.695. The van der Waals surface area contributed by atoms with E-state index in [9.17, 15) is 24.3 Å². The molecular formula is C21H23N10O6S3+. The Hall–Kier alpha value is -4.23. The number of carbonyl (C=O) groups excluding carboxylic acids is 3. The number of hydrogen-bond acceptors (Lipinski definition) is 12. The van der Waals surface area contributed by atoms with E-state index in [0.29, 0.717) is 11.4 Å². The Morgan fingerprint density at radius 2 is 2.17 bits per heavy atom. The van der Waals surface area contributed by atoms with Crippen molar-refractivity contribution >= 4 is 74.1 Å². The summed E-state index contributed by atoms with van der Waals surface area (Å²) in [6.45, 7) is 2.14. The second-order valence-electron chi connectivity index (χ2n) is 8.43. The van der Waals surface area contributed by atoms with Gasteiger partial charge < -0.3 is 32.0 Å². The summed E-state index contributed by atoms with van der Waals surface area (Å²) < 4.78 is 7.66. The van der Waals surface area contributed by atoms with E-state index >= 15 is 0 Å². The van der Waals surface area contributed by atoms with Crippen molar-refractivity contribution in [1.29, 1.82) is 0 Å². The fourth-order valence-corrected chi connectivity index (χ4v) is 6.86. The molecule has 5 rings (SSSR count). The van der Waals surface area contributed by atoms with E-state index < -0.39 is 35.2 Å². The van der Waals surface area contributed by atoms with Crippen LogP contribution >= 0.6 is 34.6 Å². The summed E-state index contributed by atoms with van der Waals surface area (Å²) in [5.41, 5.74) is 11.0. The highest BCUT2D eigenvalue weighted by Crippen LogP contribution is 2.40. The number of β-lactam (4-membered cyclic amide) rings is 1. The van der Waals surface area contributed by atoms with Gasteiger partial charge in [0.1, 0.15) is 49.2 Å². The van der Waals surface area contributed by atoms with Crippen LogP contribution in [0.1, 0.15) is 18.6 Å². The maximum Gasteiger partial charge on any atom is 0.352 e. The van der Waals surface area contributed by atoms with E-state index in [4.69, 9.17) is 16.3 Å². The average Bonchev–Trinajstić information content (AvgIpc) is 3.62. The number of thioether (sulfide) groups is 1. The maximum atomic E-state index is 13.2. The van der Waals surface area contributed by atoms with Crippen molar-refractivity contribution in [3.8, 4) is 0 Å². The average molecular weight is 608 g/mol. The molecule has 7 N–H and O–H groups in total. The second kappa shape index (κ2) is 11.1. The molecule has 2 aliphatic heterocycles. The van der Waals surface area contributed by atoms with Gasteiger partial charge in [-0.1, -0.05) is 16.5 Å². The summed E-state index contributed by atoms with van der Waals surface area (Å²) in [4.78, 5) is 60.9. The van der Waals surface area contributed by atoms with Crippen molar-refractivity contribution in [2.24, 2.45) is 10.9 Å². The van der Waals surface area contributed by atoms with Crippen LogP contribution in [0.4, 0.5) is 9.93 Å². The summed E-state index contributed by atoms with van der Waals surface area (Å²) in [5, 5.41) is 20.4. The van der Waals surface area contributed by atoms with Gasteiger partial charge in [-0.05, 0) is 6.92 Å². The fraction of sp³-hybridized carbons (Fsp3) is 0.333. The highest BCUT2D eigenvalue weighted by molar-refractivity contribution is 8.00. The number of primary amides is 1. The topological polar surface area (TPSA) is 224 Å². The van der Waals surface area contributed by atoms with Crippen LogP contribution in [-0.2, 0) is 32.3 Å². The number of fused-ring (bicyclic) bond motifs is 2. The van der Waals surface area contributed by atoms with Crippen LogP contribution in [0.2, 0.25) is 0 Å². The standard InChI is InChI=1S/C21H22N10O6S3/c1-2-37-27-12(15-26-21(23)40-28-15)16(32)25-13-17(33)31-14(19(34)35)9(8-39-18(13)31)6-29-7-11-30(3-4-38-11)10(29)5-24-20(22)36/h3-4,7,13,18H,2,5-6,8H2,1H3,(H6-,22,23,24,25,26,28,32,34,35,36)/p+1/b27-12-/t13-,18-/m1/s1. The first-order valence-corrected chi connectivity index (χ1v) is 14.4. The third-order valence-corrected chi connectivity index (χ3v) is 8.67. The quantitative estimate of drug-likeness (QED) is 0.0824. The Morgan fingerprint density at radius 3 is 2.85 bits per heavy atom. The van der Waals surface area contributed by atoms with E-state index in [-0.39, 0.29) is 47.8 Å². The lowest BCUT2D eigenvalue weighted by atomic mass is 10.0. The van der Waals surface area contributed by atoms with E-state index in [2.05, 4.69) is 25.1 Å². The number of nitrogens with one attached hydrogen (secondary N) is 2. The zero-order valence-corrected chi connectivity index (χ0v) is 23.2. The molecule has 5 heterocycles. The molecule has 2 aliphatic rings. The molecule has 3 aromatic rings. The Labute approximate surface area is 237 Å². The molecule has 0 bridgehead atoms. The van der Waals surface area contributed by atoms with Gasteiger partial charge in [0.25, 0.3) is 17.6 Å². The molecule has 40 heavy (non-hydrogen) atoms. The maximum absolute atomic E-state index is 13.2. The van der Waals surface area contributed by atoms with Gasteiger partial charge in [-0.3, -0.25) is 14.5 Å². The monoisotopic (exact) mass is 607 g/mol. The summed E-state index contributed by atoms with van der Waals surface area (Å²) in [5.74, 6) is -1.69. The Morgan fingerprint density at radius 1 is 1.38 bits per heavy atom. The molecule has 0 aliphatic carbocycles. The molecular weight excluding hydrogens is 584 g/mol. The van der Waals surface area contributed by atoms with Crippen LogP contribution in [0.3, 0.4) is 0 Å². The summed E-state index contributed by atoms with van der Waals surface area (Å²) in [6, 6.07) is -1.69. The molecule has 1 fully saturated rings. The number of amides is 4. The van der Waals surface area contributed by atoms with Crippen molar-refractivity contribution in [1.82, 2.24) is 29.3 Å². The normalized spacial score (nSPS) is 18.9. The van der Waals surface area contributed by atoms with Gasteiger partial charge in [-0.25, -0.2) is 14.2 Å². The molecule has 210 valence electrons. The van der Waals surface area contributed by atoms with E-state index in [1.54, 1.807) is 6.92 Å². The first kappa shape index (κ1) is 27.3. The van der Waals surface area contributed by atoms with Crippen LogP contribution in [0.5, 0.6) is 0 Å². The summed E-state index contributed by atoms with van der Waals surface area (Å²) in [7, 11) is 0. The van der Waals surface area contributed by atoms with Crippen LogP contribution in [0.25, 0.3) is 4.83 Å². The highest BCUT2D eigenvalue weighted by Gasteiger charge is 2.54. The number of aliphatic carboxylic acids is 1.